The SMILES string of the molecule is CCc1ccc(NC(=O)c2c3c(nc4ccccc24)CCCC3)cc1. The van der Waals surface area contributed by atoms with Crippen molar-refractivity contribution in [1.82, 2.24) is 4.98 Å². The first-order valence-electron chi connectivity index (χ1n) is 9.07. The zero-order valence-corrected chi connectivity index (χ0v) is 14.5. The van der Waals surface area contributed by atoms with Crippen molar-refractivity contribution in [2.45, 2.75) is 39.0 Å². The predicted molar refractivity (Wildman–Crippen MR) is 102 cm³/mol. The van der Waals surface area contributed by atoms with Gasteiger partial charge in [0.05, 0.1) is 11.1 Å². The molecule has 1 aliphatic rings. The Hall–Kier alpha value is -2.68. The normalized spacial score (nSPS) is 13.5. The molecule has 0 fully saturated rings. The van der Waals surface area contributed by atoms with Crippen LogP contribution < -0.4 is 5.32 Å². The van der Waals surface area contributed by atoms with Gasteiger partial charge in [0.2, 0.25) is 0 Å². The number of nitrogens with one attached hydrogen (secondary N) is 1. The summed E-state index contributed by atoms with van der Waals surface area (Å²) in [5.74, 6) is -0.0269. The van der Waals surface area contributed by atoms with Crippen LogP contribution in [0.2, 0.25) is 0 Å². The molecular weight excluding hydrogens is 308 g/mol. The number of hydrogen-bond donors (Lipinski definition) is 1. The molecule has 1 N–H and O–H groups in total. The van der Waals surface area contributed by atoms with Gasteiger partial charge in [-0.15, -0.1) is 0 Å². The third-order valence-electron chi connectivity index (χ3n) is 5.02. The third kappa shape index (κ3) is 3.02. The lowest BCUT2D eigenvalue weighted by molar-refractivity contribution is 0.102. The van der Waals surface area contributed by atoms with Crippen molar-refractivity contribution in [2.75, 3.05) is 5.32 Å². The first-order valence-corrected chi connectivity index (χ1v) is 9.07. The maximum Gasteiger partial charge on any atom is 0.256 e. The number of amides is 1. The second-order valence-corrected chi connectivity index (χ2v) is 6.64. The van der Waals surface area contributed by atoms with Crippen molar-refractivity contribution in [1.29, 1.82) is 0 Å². The molecular formula is C22H22N2O. The van der Waals surface area contributed by atoms with E-state index in [1.54, 1.807) is 0 Å². The van der Waals surface area contributed by atoms with Gasteiger partial charge in [-0.05, 0) is 61.4 Å². The number of carbonyl (C=O) groups is 1. The van der Waals surface area contributed by atoms with Crippen LogP contribution in [-0.2, 0) is 19.3 Å². The molecule has 0 unspecified atom stereocenters. The molecule has 25 heavy (non-hydrogen) atoms. The summed E-state index contributed by atoms with van der Waals surface area (Å²) in [6.07, 6.45) is 5.17. The minimum absolute atomic E-state index is 0.0269. The summed E-state index contributed by atoms with van der Waals surface area (Å²) in [7, 11) is 0. The van der Waals surface area contributed by atoms with Gasteiger partial charge in [-0.1, -0.05) is 37.3 Å². The lowest BCUT2D eigenvalue weighted by Gasteiger charge is -2.20. The Morgan fingerprint density at radius 2 is 1.80 bits per heavy atom. The standard InChI is InChI=1S/C22H22N2O/c1-2-15-11-13-16(14-12-15)23-22(25)21-17-7-3-5-9-19(17)24-20-10-6-4-8-18(20)21/h3,5,7,9,11-14H,2,4,6,8,10H2,1H3,(H,23,25). The van der Waals surface area contributed by atoms with Crippen LogP contribution in [0.4, 0.5) is 5.69 Å². The molecule has 0 bridgehead atoms. The van der Waals surface area contributed by atoms with E-state index in [4.69, 9.17) is 4.98 Å². The van der Waals surface area contributed by atoms with Crippen LogP contribution in [0.25, 0.3) is 10.9 Å². The summed E-state index contributed by atoms with van der Waals surface area (Å²) < 4.78 is 0. The Bertz CT molecular complexity index is 929. The number of benzene rings is 2. The van der Waals surface area contributed by atoms with Crippen LogP contribution in [-0.4, -0.2) is 10.9 Å². The lowest BCUT2D eigenvalue weighted by atomic mass is 9.89. The third-order valence-corrected chi connectivity index (χ3v) is 5.02. The van der Waals surface area contributed by atoms with E-state index in [0.29, 0.717) is 0 Å². The first kappa shape index (κ1) is 15.8. The van der Waals surface area contributed by atoms with E-state index in [9.17, 15) is 4.79 Å². The largest absolute Gasteiger partial charge is 0.322 e. The molecule has 0 saturated carbocycles. The minimum Gasteiger partial charge on any atom is -0.322 e. The number of nitrogens with zero attached hydrogens (tertiary/aromatic N) is 1. The molecule has 3 aromatic rings. The molecule has 0 atom stereocenters. The number of carbonyl (C=O) groups excluding carboxylic acids is 1. The Morgan fingerprint density at radius 1 is 1.04 bits per heavy atom. The molecule has 3 heteroatoms. The molecule has 3 nitrogen and oxygen atoms in total. The maximum atomic E-state index is 13.1. The molecule has 0 radical (unpaired) electrons. The number of hydrogen-bond acceptors (Lipinski definition) is 2. The Balaban J connectivity index is 1.77. The van der Waals surface area contributed by atoms with Crippen LogP contribution in [0.15, 0.2) is 48.5 Å². The smallest absolute Gasteiger partial charge is 0.256 e. The zero-order chi connectivity index (χ0) is 17.2. The fourth-order valence-electron chi connectivity index (χ4n) is 3.65. The lowest BCUT2D eigenvalue weighted by Crippen LogP contribution is -2.19. The van der Waals surface area contributed by atoms with Gasteiger partial charge in [0.1, 0.15) is 0 Å². The van der Waals surface area contributed by atoms with Crippen LogP contribution in [0.1, 0.15) is 46.9 Å². The monoisotopic (exact) mass is 330 g/mol. The van der Waals surface area contributed by atoms with E-state index >= 15 is 0 Å². The molecule has 1 aliphatic carbocycles. The van der Waals surface area contributed by atoms with Crippen LogP contribution in [0, 0.1) is 0 Å². The fourth-order valence-corrected chi connectivity index (χ4v) is 3.65. The molecule has 1 heterocycles. The summed E-state index contributed by atoms with van der Waals surface area (Å²) in [6, 6.07) is 16.1. The van der Waals surface area contributed by atoms with Crippen LogP contribution in [0.3, 0.4) is 0 Å². The molecule has 126 valence electrons. The topological polar surface area (TPSA) is 42.0 Å². The summed E-state index contributed by atoms with van der Waals surface area (Å²) in [4.78, 5) is 17.9. The van der Waals surface area contributed by atoms with E-state index in [1.165, 1.54) is 5.56 Å². The Morgan fingerprint density at radius 3 is 2.60 bits per heavy atom. The average molecular weight is 330 g/mol. The van der Waals surface area contributed by atoms with Gasteiger partial charge in [-0.3, -0.25) is 9.78 Å². The summed E-state index contributed by atoms with van der Waals surface area (Å²) in [5.41, 5.74) is 6.05. The molecule has 2 aromatic carbocycles. The van der Waals surface area contributed by atoms with Gasteiger partial charge in [-0.2, -0.15) is 0 Å². The predicted octanol–water partition coefficient (Wildman–Crippen LogP) is 4.93. The van der Waals surface area contributed by atoms with E-state index in [1.807, 2.05) is 36.4 Å². The Kier molecular flexibility index (Phi) is 4.22. The molecule has 0 spiro atoms. The van der Waals surface area contributed by atoms with Crippen LogP contribution >= 0.6 is 0 Å². The van der Waals surface area contributed by atoms with Crippen molar-refractivity contribution < 1.29 is 4.79 Å². The summed E-state index contributed by atoms with van der Waals surface area (Å²) in [5, 5.41) is 4.03. The van der Waals surface area contributed by atoms with Gasteiger partial charge in [0, 0.05) is 16.8 Å². The second-order valence-electron chi connectivity index (χ2n) is 6.64. The quantitative estimate of drug-likeness (QED) is 0.740. The van der Waals surface area contributed by atoms with Crippen molar-refractivity contribution in [3.05, 3.63) is 70.9 Å². The highest BCUT2D eigenvalue weighted by Crippen LogP contribution is 2.29. The van der Waals surface area contributed by atoms with Gasteiger partial charge in [0.25, 0.3) is 5.91 Å². The highest BCUT2D eigenvalue weighted by Gasteiger charge is 2.22. The van der Waals surface area contributed by atoms with Gasteiger partial charge in [-0.25, -0.2) is 0 Å². The number of pyridine rings is 1. The van der Waals surface area contributed by atoms with Crippen molar-refractivity contribution in [2.24, 2.45) is 0 Å². The molecule has 4 rings (SSSR count). The van der Waals surface area contributed by atoms with Gasteiger partial charge >= 0.3 is 0 Å². The van der Waals surface area contributed by atoms with Gasteiger partial charge in [0.15, 0.2) is 0 Å². The maximum absolute atomic E-state index is 13.1. The minimum atomic E-state index is -0.0269. The number of aromatic nitrogens is 1. The number of fused-ring (bicyclic) bond motifs is 2. The highest BCUT2D eigenvalue weighted by molar-refractivity contribution is 6.13. The second kappa shape index (κ2) is 6.67. The highest BCUT2D eigenvalue weighted by atomic mass is 16.1. The van der Waals surface area contributed by atoms with Crippen molar-refractivity contribution in [3.8, 4) is 0 Å². The van der Waals surface area contributed by atoms with Crippen molar-refractivity contribution in [3.63, 3.8) is 0 Å². The number of para-hydroxylation sites is 1. The molecule has 1 amide bonds. The molecule has 1 aromatic heterocycles. The van der Waals surface area contributed by atoms with Crippen LogP contribution in [0.5, 0.6) is 0 Å². The number of rotatable bonds is 3. The van der Waals surface area contributed by atoms with Gasteiger partial charge < -0.3 is 5.32 Å². The summed E-state index contributed by atoms with van der Waals surface area (Å²) in [6.45, 7) is 2.13. The number of aryl methyl sites for hydroxylation is 2. The number of anilines is 1. The fraction of sp³-hybridized carbons (Fsp3) is 0.273. The van der Waals surface area contributed by atoms with E-state index in [-0.39, 0.29) is 5.91 Å². The summed E-state index contributed by atoms with van der Waals surface area (Å²) >= 11 is 0. The molecule has 0 aliphatic heterocycles. The molecule has 0 saturated heterocycles. The van der Waals surface area contributed by atoms with Crippen molar-refractivity contribution >= 4 is 22.5 Å². The van der Waals surface area contributed by atoms with E-state index < -0.39 is 0 Å². The average Bonchev–Trinajstić information content (AvgIpc) is 2.66. The van der Waals surface area contributed by atoms with E-state index in [2.05, 4.69) is 24.4 Å². The van der Waals surface area contributed by atoms with E-state index in [0.717, 1.165) is 65.5 Å². The Labute approximate surface area is 148 Å². The zero-order valence-electron chi connectivity index (χ0n) is 14.5. The first-order chi connectivity index (χ1) is 12.3.